The van der Waals surface area contributed by atoms with Crippen LogP contribution in [0.4, 0.5) is 4.39 Å². The maximum absolute atomic E-state index is 13.7. The largest absolute Gasteiger partial charge is 0.351 e. The molecule has 2 N–H and O–H groups in total. The molecule has 1 aromatic rings. The zero-order valence-electron chi connectivity index (χ0n) is 10.6. The van der Waals surface area contributed by atoms with Crippen molar-refractivity contribution in [2.75, 3.05) is 39.3 Å². The second kappa shape index (κ2) is 6.98. The van der Waals surface area contributed by atoms with E-state index >= 15 is 0 Å². The normalized spacial score (nSPS) is 16.3. The van der Waals surface area contributed by atoms with E-state index in [-0.39, 0.29) is 11.5 Å². The van der Waals surface area contributed by atoms with Gasteiger partial charge in [-0.25, -0.2) is 4.39 Å². The van der Waals surface area contributed by atoms with E-state index in [0.29, 0.717) is 11.0 Å². The third-order valence-electron chi connectivity index (χ3n) is 3.12. The van der Waals surface area contributed by atoms with Gasteiger partial charge in [0.2, 0.25) is 0 Å². The molecule has 19 heavy (non-hydrogen) atoms. The summed E-state index contributed by atoms with van der Waals surface area (Å²) >= 11 is 3.07. The van der Waals surface area contributed by atoms with E-state index in [1.807, 2.05) is 0 Å². The van der Waals surface area contributed by atoms with Crippen LogP contribution in [0, 0.1) is 5.82 Å². The van der Waals surface area contributed by atoms with Crippen molar-refractivity contribution in [1.82, 2.24) is 15.5 Å². The number of amides is 1. The van der Waals surface area contributed by atoms with Gasteiger partial charge in [0.15, 0.2) is 0 Å². The molecule has 1 aliphatic rings. The lowest BCUT2D eigenvalue weighted by molar-refractivity contribution is 0.0943. The molecule has 2 rings (SSSR count). The molecule has 1 amide bonds. The van der Waals surface area contributed by atoms with Crippen molar-refractivity contribution in [3.8, 4) is 0 Å². The Morgan fingerprint density at radius 2 is 2.16 bits per heavy atom. The smallest absolute Gasteiger partial charge is 0.254 e. The monoisotopic (exact) mass is 329 g/mol. The fourth-order valence-corrected chi connectivity index (χ4v) is 2.40. The van der Waals surface area contributed by atoms with Crippen LogP contribution in [0.2, 0.25) is 0 Å². The van der Waals surface area contributed by atoms with Gasteiger partial charge in [-0.3, -0.25) is 9.69 Å². The van der Waals surface area contributed by atoms with Crippen molar-refractivity contribution in [1.29, 1.82) is 0 Å². The van der Waals surface area contributed by atoms with Gasteiger partial charge in [-0.05, 0) is 28.1 Å². The molecule has 1 fully saturated rings. The van der Waals surface area contributed by atoms with Crippen molar-refractivity contribution in [2.45, 2.75) is 0 Å². The van der Waals surface area contributed by atoms with Crippen LogP contribution in [-0.4, -0.2) is 50.1 Å². The van der Waals surface area contributed by atoms with Crippen molar-refractivity contribution in [3.05, 3.63) is 34.1 Å². The van der Waals surface area contributed by atoms with Gasteiger partial charge >= 0.3 is 0 Å². The summed E-state index contributed by atoms with van der Waals surface area (Å²) in [6.45, 7) is 5.26. The molecule has 0 radical (unpaired) electrons. The quantitative estimate of drug-likeness (QED) is 0.873. The van der Waals surface area contributed by atoms with Gasteiger partial charge in [-0.1, -0.05) is 6.07 Å². The molecular weight excluding hydrogens is 313 g/mol. The standard InChI is InChI=1S/C13H17BrFN3O/c14-11-3-1-2-10(12(11)15)13(19)17-6-9-18-7-4-16-5-8-18/h1-3,16H,4-9H2,(H,17,19). The van der Waals surface area contributed by atoms with Crippen LogP contribution in [-0.2, 0) is 0 Å². The molecule has 0 aromatic heterocycles. The predicted octanol–water partition coefficient (Wildman–Crippen LogP) is 1.22. The topological polar surface area (TPSA) is 44.4 Å². The van der Waals surface area contributed by atoms with E-state index in [0.717, 1.165) is 32.7 Å². The minimum absolute atomic E-state index is 0.0784. The summed E-state index contributed by atoms with van der Waals surface area (Å²) in [7, 11) is 0. The van der Waals surface area contributed by atoms with Crippen LogP contribution in [0.15, 0.2) is 22.7 Å². The molecule has 0 atom stereocenters. The van der Waals surface area contributed by atoms with E-state index in [1.54, 1.807) is 12.1 Å². The third-order valence-corrected chi connectivity index (χ3v) is 3.73. The molecular formula is C13H17BrFN3O. The maximum atomic E-state index is 13.7. The van der Waals surface area contributed by atoms with Crippen LogP contribution in [0.25, 0.3) is 0 Å². The minimum atomic E-state index is -0.512. The van der Waals surface area contributed by atoms with Gasteiger partial charge in [0, 0.05) is 39.3 Å². The highest BCUT2D eigenvalue weighted by molar-refractivity contribution is 9.10. The van der Waals surface area contributed by atoms with E-state index < -0.39 is 5.82 Å². The average molecular weight is 330 g/mol. The van der Waals surface area contributed by atoms with Gasteiger partial charge in [0.05, 0.1) is 10.0 Å². The van der Waals surface area contributed by atoms with Gasteiger partial charge < -0.3 is 10.6 Å². The molecule has 1 aromatic carbocycles. The Morgan fingerprint density at radius 1 is 1.42 bits per heavy atom. The van der Waals surface area contributed by atoms with Crippen LogP contribution in [0.3, 0.4) is 0 Å². The van der Waals surface area contributed by atoms with Gasteiger partial charge in [0.1, 0.15) is 5.82 Å². The van der Waals surface area contributed by atoms with Gasteiger partial charge in [-0.15, -0.1) is 0 Å². The Labute approximate surface area is 120 Å². The minimum Gasteiger partial charge on any atom is -0.351 e. The zero-order valence-corrected chi connectivity index (χ0v) is 12.2. The Morgan fingerprint density at radius 3 is 2.89 bits per heavy atom. The first-order chi connectivity index (χ1) is 9.18. The Balaban J connectivity index is 1.82. The summed E-state index contributed by atoms with van der Waals surface area (Å²) in [6, 6.07) is 4.71. The summed E-state index contributed by atoms with van der Waals surface area (Å²) < 4.78 is 14.0. The summed E-state index contributed by atoms with van der Waals surface area (Å²) in [5.41, 5.74) is 0.0784. The SMILES string of the molecule is O=C(NCCN1CCNCC1)c1cccc(Br)c1F. The van der Waals surface area contributed by atoms with E-state index in [2.05, 4.69) is 31.5 Å². The summed E-state index contributed by atoms with van der Waals surface area (Å²) in [5.74, 6) is -0.879. The van der Waals surface area contributed by atoms with Gasteiger partial charge in [0.25, 0.3) is 5.91 Å². The number of hydrogen-bond acceptors (Lipinski definition) is 3. The average Bonchev–Trinajstić information content (AvgIpc) is 2.43. The highest BCUT2D eigenvalue weighted by Crippen LogP contribution is 2.18. The van der Waals surface area contributed by atoms with Crippen LogP contribution in [0.1, 0.15) is 10.4 Å². The lowest BCUT2D eigenvalue weighted by atomic mass is 10.2. The molecule has 6 heteroatoms. The predicted molar refractivity (Wildman–Crippen MR) is 75.7 cm³/mol. The number of halogens is 2. The molecule has 0 spiro atoms. The molecule has 1 aliphatic heterocycles. The Hall–Kier alpha value is -0.980. The fraction of sp³-hybridized carbons (Fsp3) is 0.462. The number of piperazine rings is 1. The summed E-state index contributed by atoms with van der Waals surface area (Å²) in [5, 5.41) is 6.02. The molecule has 4 nitrogen and oxygen atoms in total. The zero-order chi connectivity index (χ0) is 13.7. The first-order valence-electron chi connectivity index (χ1n) is 6.34. The van der Waals surface area contributed by atoms with Crippen LogP contribution >= 0.6 is 15.9 Å². The summed E-state index contributed by atoms with van der Waals surface area (Å²) in [6.07, 6.45) is 0. The second-order valence-electron chi connectivity index (χ2n) is 4.45. The highest BCUT2D eigenvalue weighted by atomic mass is 79.9. The molecule has 0 unspecified atom stereocenters. The van der Waals surface area contributed by atoms with Crippen molar-refractivity contribution < 1.29 is 9.18 Å². The number of benzene rings is 1. The van der Waals surface area contributed by atoms with Crippen molar-refractivity contribution in [2.24, 2.45) is 0 Å². The first kappa shape index (κ1) is 14.4. The summed E-state index contributed by atoms with van der Waals surface area (Å²) in [4.78, 5) is 14.1. The Bertz CT molecular complexity index is 450. The highest BCUT2D eigenvalue weighted by Gasteiger charge is 2.14. The third kappa shape index (κ3) is 3.99. The lowest BCUT2D eigenvalue weighted by Gasteiger charge is -2.27. The first-order valence-corrected chi connectivity index (χ1v) is 7.13. The number of hydrogen-bond donors (Lipinski definition) is 2. The number of rotatable bonds is 4. The number of nitrogens with zero attached hydrogens (tertiary/aromatic N) is 1. The number of carbonyl (C=O) groups is 1. The second-order valence-corrected chi connectivity index (χ2v) is 5.30. The van der Waals surface area contributed by atoms with E-state index in [1.165, 1.54) is 6.07 Å². The Kier molecular flexibility index (Phi) is 5.30. The maximum Gasteiger partial charge on any atom is 0.254 e. The van der Waals surface area contributed by atoms with E-state index in [9.17, 15) is 9.18 Å². The molecule has 0 bridgehead atoms. The van der Waals surface area contributed by atoms with Crippen LogP contribution in [0.5, 0.6) is 0 Å². The van der Waals surface area contributed by atoms with Crippen LogP contribution < -0.4 is 10.6 Å². The molecule has 1 saturated heterocycles. The lowest BCUT2D eigenvalue weighted by Crippen LogP contribution is -2.46. The van der Waals surface area contributed by atoms with Gasteiger partial charge in [-0.2, -0.15) is 0 Å². The fourth-order valence-electron chi connectivity index (χ4n) is 2.04. The molecule has 0 saturated carbocycles. The number of nitrogens with one attached hydrogen (secondary N) is 2. The number of carbonyl (C=O) groups excluding carboxylic acids is 1. The van der Waals surface area contributed by atoms with Crippen molar-refractivity contribution in [3.63, 3.8) is 0 Å². The molecule has 104 valence electrons. The van der Waals surface area contributed by atoms with E-state index in [4.69, 9.17) is 0 Å². The molecule has 0 aliphatic carbocycles. The molecule has 1 heterocycles. The van der Waals surface area contributed by atoms with Crippen molar-refractivity contribution >= 4 is 21.8 Å².